The first-order valence-electron chi connectivity index (χ1n) is 11.6. The Balaban J connectivity index is 1.36. The number of halogens is 4. The Morgan fingerprint density at radius 3 is 0.941 bits per heavy atom. The fourth-order valence-electron chi connectivity index (χ4n) is 8.00. The average molecular weight is 728 g/mol. The van der Waals surface area contributed by atoms with Crippen LogP contribution in [0.2, 0.25) is 0 Å². The topological polar surface area (TPSA) is 90.8 Å². The van der Waals surface area contributed by atoms with Crippen LogP contribution in [-0.4, -0.2) is 48.9 Å². The van der Waals surface area contributed by atoms with Crippen molar-refractivity contribution in [3.8, 4) is 23.5 Å². The molecule has 34 heavy (non-hydrogen) atoms. The molecule has 6 nitrogen and oxygen atoms in total. The summed E-state index contributed by atoms with van der Waals surface area (Å²) in [6.45, 7) is 9.19. The van der Waals surface area contributed by atoms with Gasteiger partial charge in [-0.2, -0.15) is 0 Å². The lowest BCUT2D eigenvalue weighted by Crippen LogP contribution is -2.20. The Bertz CT molecular complexity index is 1060. The molecule has 2 aromatic heterocycles. The maximum absolute atomic E-state index is 11.2. The van der Waals surface area contributed by atoms with Crippen molar-refractivity contribution < 1.29 is 20.4 Å². The van der Waals surface area contributed by atoms with Gasteiger partial charge >= 0.3 is 0 Å². The Hall–Kier alpha value is -0.320. The van der Waals surface area contributed by atoms with Gasteiger partial charge in [-0.25, -0.2) is 0 Å². The number of hydrogen-bond acceptors (Lipinski definition) is 4. The molecule has 0 amide bonds. The normalized spacial score (nSPS) is 38.0. The molecule has 0 saturated heterocycles. The van der Waals surface area contributed by atoms with Gasteiger partial charge in [0.2, 0.25) is 0 Å². The van der Waals surface area contributed by atoms with Crippen molar-refractivity contribution in [3.63, 3.8) is 0 Å². The molecule has 4 N–H and O–H groups in total. The Morgan fingerprint density at radius 2 is 0.735 bits per heavy atom. The van der Waals surface area contributed by atoms with Gasteiger partial charge in [-0.3, -0.25) is 9.13 Å². The van der Waals surface area contributed by atoms with Crippen LogP contribution in [0.25, 0.3) is 0 Å². The minimum atomic E-state index is -0.0939. The highest BCUT2D eigenvalue weighted by Gasteiger charge is 2.65. The first-order chi connectivity index (χ1) is 15.8. The van der Waals surface area contributed by atoms with Crippen molar-refractivity contribution in [1.82, 2.24) is 9.13 Å². The predicted octanol–water partition coefficient (Wildman–Crippen LogP) is 6.31. The summed E-state index contributed by atoms with van der Waals surface area (Å²) in [5.74, 6) is 0.625. The molecule has 0 aromatic carbocycles. The van der Waals surface area contributed by atoms with Crippen molar-refractivity contribution in [2.45, 2.75) is 83.8 Å². The van der Waals surface area contributed by atoms with Crippen molar-refractivity contribution in [2.24, 2.45) is 10.8 Å². The molecule has 8 atom stereocenters. The largest absolute Gasteiger partial charge is 0.494 e. The molecule has 4 aliphatic rings. The van der Waals surface area contributed by atoms with Crippen LogP contribution in [0.15, 0.2) is 0 Å². The molecule has 2 heterocycles. The highest BCUT2D eigenvalue weighted by molar-refractivity contribution is 9.12. The Kier molecular flexibility index (Phi) is 5.06. The van der Waals surface area contributed by atoms with Crippen molar-refractivity contribution in [1.29, 1.82) is 0 Å². The molecule has 2 saturated carbocycles. The lowest BCUT2D eigenvalue weighted by Gasteiger charge is -2.27. The zero-order valence-electron chi connectivity index (χ0n) is 19.2. The van der Waals surface area contributed by atoms with E-state index in [-0.39, 0.29) is 90.4 Å². The summed E-state index contributed by atoms with van der Waals surface area (Å²) < 4.78 is 3.04. The molecule has 8 unspecified atom stereocenters. The maximum Gasteiger partial charge on any atom is 0.197 e. The summed E-state index contributed by atoms with van der Waals surface area (Å²) in [5.41, 5.74) is 3.08. The second kappa shape index (κ2) is 7.16. The van der Waals surface area contributed by atoms with Gasteiger partial charge in [-0.05, 0) is 10.8 Å². The third-order valence-electron chi connectivity index (χ3n) is 9.45. The highest BCUT2D eigenvalue weighted by Crippen LogP contribution is 2.73. The number of aromatic nitrogens is 2. The maximum atomic E-state index is 11.2. The lowest BCUT2D eigenvalue weighted by atomic mass is 9.80. The summed E-state index contributed by atoms with van der Waals surface area (Å²) in [7, 11) is 0. The molecule has 10 heteroatoms. The van der Waals surface area contributed by atoms with Gasteiger partial charge in [0, 0.05) is 78.3 Å². The summed E-state index contributed by atoms with van der Waals surface area (Å²) >= 11 is 15.2. The second-order valence-electron chi connectivity index (χ2n) is 11.6. The predicted molar refractivity (Wildman–Crippen MR) is 145 cm³/mol. The van der Waals surface area contributed by atoms with Gasteiger partial charge in [0.1, 0.15) is 0 Å². The average Bonchev–Trinajstić information content (AvgIpc) is 3.40. The molecule has 6 rings (SSSR count). The van der Waals surface area contributed by atoms with E-state index in [1.807, 2.05) is 0 Å². The van der Waals surface area contributed by atoms with E-state index >= 15 is 0 Å². The minimum Gasteiger partial charge on any atom is -0.494 e. The molecule has 4 bridgehead atoms. The monoisotopic (exact) mass is 724 g/mol. The summed E-state index contributed by atoms with van der Waals surface area (Å²) in [5, 5.41) is 44.7. The van der Waals surface area contributed by atoms with E-state index in [1.54, 1.807) is 0 Å². The Labute approximate surface area is 232 Å². The quantitative estimate of drug-likeness (QED) is 0.280. The summed E-state index contributed by atoms with van der Waals surface area (Å²) in [6, 6.07) is 0. The summed E-state index contributed by atoms with van der Waals surface area (Å²) in [4.78, 5) is 0.648. The second-order valence-corrected chi connectivity index (χ2v) is 15.8. The molecule has 0 radical (unpaired) electrons. The number of nitrogens with zero attached hydrogens (tertiary/aromatic N) is 2. The van der Waals surface area contributed by atoms with Gasteiger partial charge in [0.05, 0.1) is 0 Å². The molecule has 4 aliphatic carbocycles. The summed E-state index contributed by atoms with van der Waals surface area (Å²) in [6.07, 6.45) is 0. The first-order valence-corrected chi connectivity index (χ1v) is 15.3. The molecule has 186 valence electrons. The smallest absolute Gasteiger partial charge is 0.197 e. The van der Waals surface area contributed by atoms with Gasteiger partial charge < -0.3 is 20.4 Å². The Morgan fingerprint density at radius 1 is 0.529 bits per heavy atom. The van der Waals surface area contributed by atoms with Gasteiger partial charge in [-0.15, -0.1) is 0 Å². The molecule has 0 spiro atoms. The zero-order valence-corrected chi connectivity index (χ0v) is 25.6. The van der Waals surface area contributed by atoms with E-state index in [4.69, 9.17) is 0 Å². The van der Waals surface area contributed by atoms with E-state index in [1.165, 1.54) is 9.13 Å². The lowest BCUT2D eigenvalue weighted by molar-refractivity contribution is 0.289. The van der Waals surface area contributed by atoms with E-state index in [0.29, 0.717) is 0 Å². The van der Waals surface area contributed by atoms with Crippen LogP contribution in [-0.2, 0) is 13.1 Å². The van der Waals surface area contributed by atoms with Crippen molar-refractivity contribution in [2.75, 3.05) is 0 Å². The van der Waals surface area contributed by atoms with E-state index in [0.717, 1.165) is 22.3 Å². The third kappa shape index (κ3) is 2.52. The molecular formula is C24H28Br4N2O4. The molecular weight excluding hydrogens is 700 g/mol. The van der Waals surface area contributed by atoms with E-state index in [9.17, 15) is 20.4 Å². The first kappa shape index (κ1) is 24.0. The zero-order chi connectivity index (χ0) is 24.8. The number of hydrogen-bond donors (Lipinski definition) is 4. The van der Waals surface area contributed by atoms with Crippen LogP contribution in [0.3, 0.4) is 0 Å². The number of fused-ring (bicyclic) bond motifs is 10. The van der Waals surface area contributed by atoms with Crippen LogP contribution in [0, 0.1) is 10.8 Å². The minimum absolute atomic E-state index is 0.0748. The fraction of sp³-hybridized carbons (Fsp3) is 0.667. The van der Waals surface area contributed by atoms with Gasteiger partial charge in [-0.1, -0.05) is 91.4 Å². The SMILES string of the molecule is CC1(C)C2c3c(c(O)n(CCn4c(O)c5c(c4O)C4C(Br)C(Br)C5C4(C)C)c3O)C1C(Br)C2Br. The van der Waals surface area contributed by atoms with Crippen LogP contribution in [0.4, 0.5) is 0 Å². The number of alkyl halides is 4. The van der Waals surface area contributed by atoms with Crippen LogP contribution < -0.4 is 0 Å². The number of aromatic hydroxyl groups is 4. The van der Waals surface area contributed by atoms with Crippen molar-refractivity contribution in [3.05, 3.63) is 22.3 Å². The van der Waals surface area contributed by atoms with Crippen molar-refractivity contribution >= 4 is 63.7 Å². The van der Waals surface area contributed by atoms with E-state index in [2.05, 4.69) is 91.4 Å². The van der Waals surface area contributed by atoms with Gasteiger partial charge in [0.25, 0.3) is 0 Å². The standard InChI is InChI=1S/C24H28Br4N2O4/c1-23(2)11-7-8(12(23)16(26)15(11)25)20(32)29(19(7)31)5-6-30-21(33)9-10(22(30)34)14-18(28)17(27)13(9)24(14,3)4/h11-18,31-34H,5-6H2,1-4H3. The highest BCUT2D eigenvalue weighted by atomic mass is 79.9. The van der Waals surface area contributed by atoms with Crippen LogP contribution in [0.5, 0.6) is 23.5 Å². The third-order valence-corrected chi connectivity index (χ3v) is 15.3. The van der Waals surface area contributed by atoms with Crippen LogP contribution >= 0.6 is 63.7 Å². The number of rotatable bonds is 3. The molecule has 2 fully saturated rings. The molecule has 0 aliphatic heterocycles. The van der Waals surface area contributed by atoms with Crippen LogP contribution in [0.1, 0.15) is 73.6 Å². The fourth-order valence-corrected chi connectivity index (χ4v) is 13.0. The van der Waals surface area contributed by atoms with Gasteiger partial charge in [0.15, 0.2) is 23.5 Å². The molecule has 2 aromatic rings. The van der Waals surface area contributed by atoms with E-state index < -0.39 is 0 Å².